The summed E-state index contributed by atoms with van der Waals surface area (Å²) >= 11 is 0. The van der Waals surface area contributed by atoms with Crippen molar-refractivity contribution in [2.24, 2.45) is 0 Å². The Morgan fingerprint density at radius 1 is 1.02 bits per heavy atom. The predicted octanol–water partition coefficient (Wildman–Crippen LogP) is 6.08. The highest BCUT2D eigenvalue weighted by Gasteiger charge is 2.33. The third-order valence-corrected chi connectivity index (χ3v) is 7.16. The summed E-state index contributed by atoms with van der Waals surface area (Å²) in [6.07, 6.45) is 5.92. The number of benzene rings is 2. The van der Waals surface area contributed by atoms with Crippen molar-refractivity contribution in [2.45, 2.75) is 46.3 Å². The van der Waals surface area contributed by atoms with E-state index in [1.54, 1.807) is 15.7 Å². The van der Waals surface area contributed by atoms with Gasteiger partial charge in [0.25, 0.3) is 5.56 Å². The van der Waals surface area contributed by atoms with Crippen molar-refractivity contribution in [2.75, 3.05) is 34.8 Å². The maximum absolute atomic E-state index is 14.2. The molecule has 10 heteroatoms. The molecule has 2 aliphatic rings. The quantitative estimate of drug-likeness (QED) is 0.277. The van der Waals surface area contributed by atoms with Crippen molar-refractivity contribution in [3.63, 3.8) is 0 Å². The van der Waals surface area contributed by atoms with Gasteiger partial charge in [-0.15, -0.1) is 0 Å². The van der Waals surface area contributed by atoms with Gasteiger partial charge in [0, 0.05) is 43.0 Å². The van der Waals surface area contributed by atoms with Gasteiger partial charge in [-0.05, 0) is 63.9 Å². The third-order valence-electron chi connectivity index (χ3n) is 7.16. The summed E-state index contributed by atoms with van der Waals surface area (Å²) in [6.45, 7) is 9.16. The third kappa shape index (κ3) is 5.39. The van der Waals surface area contributed by atoms with Crippen LogP contribution in [-0.4, -0.2) is 45.9 Å². The van der Waals surface area contributed by atoms with Gasteiger partial charge in [-0.3, -0.25) is 14.3 Å². The van der Waals surface area contributed by atoms with Crippen LogP contribution >= 0.6 is 0 Å². The molecular weight excluding hydrogens is 532 g/mol. The molecule has 4 bridgehead atoms. The first-order chi connectivity index (χ1) is 20.2. The van der Waals surface area contributed by atoms with E-state index < -0.39 is 11.7 Å². The van der Waals surface area contributed by atoms with Gasteiger partial charge in [-0.2, -0.15) is 4.98 Å². The molecule has 0 unspecified atom stereocenters. The molecule has 0 aliphatic carbocycles. The molecule has 2 aromatic heterocycles. The van der Waals surface area contributed by atoms with Crippen LogP contribution in [0.2, 0.25) is 0 Å². The summed E-state index contributed by atoms with van der Waals surface area (Å²) in [4.78, 5) is 40.4. The van der Waals surface area contributed by atoms with Gasteiger partial charge in [0.15, 0.2) is 0 Å². The largest absolute Gasteiger partial charge is 0.489 e. The Balaban J connectivity index is 1.45. The maximum atomic E-state index is 14.2. The molecule has 0 saturated carbocycles. The number of pyridine rings is 1. The van der Waals surface area contributed by atoms with Crippen molar-refractivity contribution in [1.29, 1.82) is 0 Å². The highest BCUT2D eigenvalue weighted by atomic mass is 16.6. The van der Waals surface area contributed by atoms with Crippen LogP contribution in [0.4, 0.5) is 33.5 Å². The van der Waals surface area contributed by atoms with Crippen molar-refractivity contribution in [3.05, 3.63) is 82.8 Å². The van der Waals surface area contributed by atoms with Crippen molar-refractivity contribution >= 4 is 45.8 Å². The monoisotopic (exact) mass is 566 g/mol. The lowest BCUT2D eigenvalue weighted by Gasteiger charge is -2.39. The van der Waals surface area contributed by atoms with E-state index in [0.717, 1.165) is 33.8 Å². The van der Waals surface area contributed by atoms with Gasteiger partial charge < -0.3 is 19.7 Å². The normalized spacial score (nSPS) is 15.8. The number of hydrogen-bond acceptors (Lipinski definition) is 8. The Hall–Kier alpha value is -4.86. The zero-order valence-corrected chi connectivity index (χ0v) is 24.3. The minimum absolute atomic E-state index is 0.163. The number of carbonyl (C=O) groups excluding carboxylic acids is 1. The number of aryl methyl sites for hydroxylation is 2. The Bertz CT molecular complexity index is 1760. The van der Waals surface area contributed by atoms with Crippen LogP contribution in [0.25, 0.3) is 11.0 Å². The first-order valence-electron chi connectivity index (χ1n) is 14.1. The van der Waals surface area contributed by atoms with Crippen LogP contribution in [-0.2, 0) is 11.3 Å². The number of ether oxygens (including phenoxy) is 2. The molecule has 0 saturated heterocycles. The summed E-state index contributed by atoms with van der Waals surface area (Å²) in [5.74, 6) is 1.13. The fourth-order valence-electron chi connectivity index (χ4n) is 5.33. The number of fused-ring (bicyclic) bond motifs is 4. The first-order valence-corrected chi connectivity index (χ1v) is 14.1. The van der Waals surface area contributed by atoms with E-state index in [2.05, 4.69) is 10.3 Å². The molecule has 0 radical (unpaired) electrons. The van der Waals surface area contributed by atoms with Crippen LogP contribution in [0.1, 0.15) is 32.8 Å². The van der Waals surface area contributed by atoms with Crippen molar-refractivity contribution in [3.8, 4) is 5.75 Å². The number of hydrogen-bond donors (Lipinski definition) is 1. The topological polar surface area (TPSA) is 102 Å². The lowest BCUT2D eigenvalue weighted by Crippen LogP contribution is -2.46. The lowest BCUT2D eigenvalue weighted by atomic mass is 10.1. The molecule has 10 nitrogen and oxygen atoms in total. The van der Waals surface area contributed by atoms with Gasteiger partial charge in [-0.1, -0.05) is 30.4 Å². The Morgan fingerprint density at radius 2 is 1.86 bits per heavy atom. The van der Waals surface area contributed by atoms with Gasteiger partial charge in [0.2, 0.25) is 5.95 Å². The fourth-order valence-corrected chi connectivity index (χ4v) is 5.33. The molecule has 2 aliphatic heterocycles. The molecule has 42 heavy (non-hydrogen) atoms. The summed E-state index contributed by atoms with van der Waals surface area (Å²) in [7, 11) is 0. The first kappa shape index (κ1) is 27.3. The summed E-state index contributed by atoms with van der Waals surface area (Å²) in [5, 5.41) is 3.98. The standard InChI is InChI=1S/C32H34N6O4/c1-21-10-8-13-25-27(21)37(31(40)42-32(2,3)4)16-15-36(25)26-18-22-20-33-30-34-23-11-9-12-24(19-23)41-17-7-5-6-14-38(29(26)39)28(22)35-30/h5,7-13,18-20H,6,14-17H2,1-4H3,(H,33,34,35)/b7-5-. The number of allylic oxidation sites excluding steroid dienone is 1. The maximum Gasteiger partial charge on any atom is 0.414 e. The summed E-state index contributed by atoms with van der Waals surface area (Å²) in [6, 6.07) is 15.3. The van der Waals surface area contributed by atoms with Crippen molar-refractivity contribution in [1.82, 2.24) is 14.5 Å². The van der Waals surface area contributed by atoms with Gasteiger partial charge in [0.1, 0.15) is 29.3 Å². The van der Waals surface area contributed by atoms with E-state index in [4.69, 9.17) is 14.5 Å². The van der Waals surface area contributed by atoms with Crippen LogP contribution in [0.3, 0.4) is 0 Å². The fraction of sp³-hybridized carbons (Fsp3) is 0.312. The summed E-state index contributed by atoms with van der Waals surface area (Å²) in [5.41, 5.74) is 3.48. The molecule has 0 atom stereocenters. The number of nitrogens with one attached hydrogen (secondary N) is 1. The smallest absolute Gasteiger partial charge is 0.414 e. The molecule has 0 spiro atoms. The molecule has 2 aromatic carbocycles. The second-order valence-electron chi connectivity index (χ2n) is 11.4. The average Bonchev–Trinajstić information content (AvgIpc) is 2.94. The van der Waals surface area contributed by atoms with E-state index in [0.29, 0.717) is 49.9 Å². The zero-order chi connectivity index (χ0) is 29.4. The molecule has 0 fully saturated rings. The number of anilines is 5. The van der Waals surface area contributed by atoms with Gasteiger partial charge in [0.05, 0.1) is 11.4 Å². The molecule has 216 valence electrons. The SMILES string of the molecule is Cc1cccc2c1N(C(=O)OC(C)(C)C)CCN2c1cc2cnc3nc2n(c1=O)CC/C=C\COc1cccc(c1)N3. The van der Waals surface area contributed by atoms with Crippen LogP contribution in [0, 0.1) is 6.92 Å². The van der Waals surface area contributed by atoms with Crippen molar-refractivity contribution < 1.29 is 14.3 Å². The average molecular weight is 567 g/mol. The Morgan fingerprint density at radius 3 is 2.69 bits per heavy atom. The predicted molar refractivity (Wildman–Crippen MR) is 165 cm³/mol. The van der Waals surface area contributed by atoms with E-state index in [-0.39, 0.29) is 5.56 Å². The number of amides is 1. The van der Waals surface area contributed by atoms with Gasteiger partial charge >= 0.3 is 6.09 Å². The Labute approximate surface area is 244 Å². The summed E-state index contributed by atoms with van der Waals surface area (Å²) < 4.78 is 13.3. The number of para-hydroxylation sites is 1. The van der Waals surface area contributed by atoms with E-state index >= 15 is 0 Å². The highest BCUT2D eigenvalue weighted by molar-refractivity contribution is 5.97. The minimum Gasteiger partial charge on any atom is -0.489 e. The Kier molecular flexibility index (Phi) is 7.06. The molecule has 4 heterocycles. The number of carbonyl (C=O) groups is 1. The van der Waals surface area contributed by atoms with E-state index in [1.807, 2.05) is 93.3 Å². The zero-order valence-electron chi connectivity index (χ0n) is 24.3. The molecule has 1 amide bonds. The molecule has 6 rings (SSSR count). The van der Waals surface area contributed by atoms with Crippen LogP contribution < -0.4 is 25.4 Å². The van der Waals surface area contributed by atoms with E-state index in [1.165, 1.54) is 0 Å². The number of rotatable bonds is 1. The molecular formula is C32H34N6O4. The van der Waals surface area contributed by atoms with E-state index in [9.17, 15) is 9.59 Å². The number of nitrogens with zero attached hydrogens (tertiary/aromatic N) is 5. The molecule has 1 N–H and O–H groups in total. The highest BCUT2D eigenvalue weighted by Crippen LogP contribution is 2.40. The minimum atomic E-state index is -0.626. The second kappa shape index (κ2) is 10.8. The lowest BCUT2D eigenvalue weighted by molar-refractivity contribution is 0.0580. The van der Waals surface area contributed by atoms with Crippen LogP contribution in [0.15, 0.2) is 71.7 Å². The number of aromatic nitrogens is 3. The second-order valence-corrected chi connectivity index (χ2v) is 11.4. The van der Waals surface area contributed by atoms with Crippen LogP contribution in [0.5, 0.6) is 5.75 Å². The molecule has 4 aromatic rings. The van der Waals surface area contributed by atoms with Gasteiger partial charge in [-0.25, -0.2) is 9.78 Å².